The molecule has 0 aliphatic heterocycles. The molecule has 1 heterocycles. The van der Waals surface area contributed by atoms with Crippen molar-refractivity contribution in [3.05, 3.63) is 71.9 Å². The summed E-state index contributed by atoms with van der Waals surface area (Å²) in [7, 11) is 0. The number of fused-ring (bicyclic) bond motifs is 1. The zero-order valence-corrected chi connectivity index (χ0v) is 22.2. The molecule has 0 fully saturated rings. The van der Waals surface area contributed by atoms with Crippen molar-refractivity contribution in [2.45, 2.75) is 49.9 Å². The Hall–Kier alpha value is -4.75. The number of carboxylic acids is 1. The molecular weight excluding hydrogens is 532 g/mol. The van der Waals surface area contributed by atoms with Crippen LogP contribution in [0.15, 0.2) is 60.8 Å². The number of aliphatic carboxylic acids is 1. The molecule has 3 rings (SSSR count). The van der Waals surface area contributed by atoms with Gasteiger partial charge in [-0.3, -0.25) is 19.2 Å². The lowest BCUT2D eigenvalue weighted by Gasteiger charge is -2.24. The lowest BCUT2D eigenvalue weighted by molar-refractivity contribution is -0.142. The third kappa shape index (κ3) is 8.88. The van der Waals surface area contributed by atoms with Gasteiger partial charge >= 0.3 is 5.97 Å². The highest BCUT2D eigenvalue weighted by molar-refractivity contribution is 5.95. The third-order valence-corrected chi connectivity index (χ3v) is 6.48. The second-order valence-corrected chi connectivity index (χ2v) is 9.57. The van der Waals surface area contributed by atoms with Crippen molar-refractivity contribution in [1.82, 2.24) is 20.9 Å². The lowest BCUT2D eigenvalue weighted by atomic mass is 10.0. The molecule has 4 unspecified atom stereocenters. The van der Waals surface area contributed by atoms with Crippen LogP contribution in [0.1, 0.15) is 24.0 Å². The van der Waals surface area contributed by atoms with Crippen LogP contribution < -0.4 is 27.4 Å². The van der Waals surface area contributed by atoms with E-state index in [2.05, 4.69) is 20.9 Å². The molecule has 0 spiro atoms. The first-order valence-corrected chi connectivity index (χ1v) is 13.0. The average Bonchev–Trinajstić information content (AvgIpc) is 3.36. The first-order valence-electron chi connectivity index (χ1n) is 13.0. The van der Waals surface area contributed by atoms with Crippen LogP contribution in [0.3, 0.4) is 0 Å². The second kappa shape index (κ2) is 14.6. The Bertz CT molecular complexity index is 1380. The maximum atomic E-state index is 13.3. The number of rotatable bonds is 15. The monoisotopic (exact) mass is 566 g/mol. The van der Waals surface area contributed by atoms with E-state index in [1.807, 2.05) is 24.3 Å². The molecule has 2 aromatic carbocycles. The summed E-state index contributed by atoms with van der Waals surface area (Å²) in [6.07, 6.45) is 1.27. The fourth-order valence-corrected chi connectivity index (χ4v) is 4.25. The van der Waals surface area contributed by atoms with E-state index in [0.29, 0.717) is 5.56 Å². The summed E-state index contributed by atoms with van der Waals surface area (Å²) in [5.41, 5.74) is 13.4. The van der Waals surface area contributed by atoms with Gasteiger partial charge in [0.2, 0.25) is 23.6 Å². The molecule has 13 heteroatoms. The molecule has 0 aliphatic carbocycles. The predicted octanol–water partition coefficient (Wildman–Crippen LogP) is -0.923. The third-order valence-electron chi connectivity index (χ3n) is 6.48. The number of para-hydroxylation sites is 1. The van der Waals surface area contributed by atoms with Crippen LogP contribution in [-0.2, 0) is 36.8 Å². The van der Waals surface area contributed by atoms with Crippen LogP contribution in [-0.4, -0.2) is 75.6 Å². The summed E-state index contributed by atoms with van der Waals surface area (Å²) in [6, 6.07) is 11.1. The van der Waals surface area contributed by atoms with Crippen LogP contribution in [0.5, 0.6) is 0 Å². The first-order chi connectivity index (χ1) is 19.6. The van der Waals surface area contributed by atoms with Gasteiger partial charge in [-0.2, -0.15) is 0 Å². The van der Waals surface area contributed by atoms with Crippen molar-refractivity contribution in [2.24, 2.45) is 11.5 Å². The number of aliphatic hydroxyl groups is 1. The molecule has 3 aromatic rings. The van der Waals surface area contributed by atoms with Gasteiger partial charge in [-0.25, -0.2) is 4.79 Å². The molecular formula is C28H34N6O7. The van der Waals surface area contributed by atoms with Crippen LogP contribution in [0.2, 0.25) is 0 Å². The molecule has 4 atom stereocenters. The van der Waals surface area contributed by atoms with Crippen molar-refractivity contribution in [3.8, 4) is 0 Å². The van der Waals surface area contributed by atoms with Gasteiger partial charge in [0, 0.05) is 29.9 Å². The number of H-pyrrole nitrogens is 1. The van der Waals surface area contributed by atoms with Crippen LogP contribution in [0.4, 0.5) is 0 Å². The Balaban J connectivity index is 1.76. The number of carbonyl (C=O) groups excluding carboxylic acids is 4. The molecule has 0 saturated heterocycles. The molecule has 10 N–H and O–H groups in total. The highest BCUT2D eigenvalue weighted by Crippen LogP contribution is 2.19. The fourth-order valence-electron chi connectivity index (χ4n) is 4.25. The van der Waals surface area contributed by atoms with Gasteiger partial charge in [-0.05, 0) is 30.0 Å². The quantitative estimate of drug-likeness (QED) is 0.114. The Morgan fingerprint density at radius 3 is 2.07 bits per heavy atom. The largest absolute Gasteiger partial charge is 0.480 e. The molecule has 0 saturated carbocycles. The number of nitrogens with one attached hydrogen (secondary N) is 4. The van der Waals surface area contributed by atoms with Gasteiger partial charge in [0.25, 0.3) is 0 Å². The number of primary amides is 1. The van der Waals surface area contributed by atoms with Gasteiger partial charge in [0.1, 0.15) is 18.1 Å². The maximum Gasteiger partial charge on any atom is 0.326 e. The van der Waals surface area contributed by atoms with E-state index in [1.165, 1.54) is 0 Å². The Morgan fingerprint density at radius 2 is 1.41 bits per heavy atom. The van der Waals surface area contributed by atoms with E-state index in [1.54, 1.807) is 36.5 Å². The van der Waals surface area contributed by atoms with Gasteiger partial charge in [-0.1, -0.05) is 48.5 Å². The topological polar surface area (TPSA) is 230 Å². The molecule has 13 nitrogen and oxygen atoms in total. The van der Waals surface area contributed by atoms with Gasteiger partial charge in [0.05, 0.1) is 12.6 Å². The second-order valence-electron chi connectivity index (χ2n) is 9.57. The number of nitrogens with two attached hydrogens (primary N) is 2. The van der Waals surface area contributed by atoms with Crippen LogP contribution in [0, 0.1) is 0 Å². The number of aromatic nitrogens is 1. The van der Waals surface area contributed by atoms with Crippen molar-refractivity contribution in [2.75, 3.05) is 6.61 Å². The molecule has 41 heavy (non-hydrogen) atoms. The van der Waals surface area contributed by atoms with Crippen molar-refractivity contribution in [1.29, 1.82) is 0 Å². The van der Waals surface area contributed by atoms with Gasteiger partial charge in [-0.15, -0.1) is 0 Å². The molecule has 1 aromatic heterocycles. The van der Waals surface area contributed by atoms with E-state index in [4.69, 9.17) is 11.5 Å². The molecule has 0 aliphatic rings. The standard InChI is InChI=1S/C28H34N6O7/c29-19(12-16-6-2-1-3-7-16)25(37)34-23(15-35)27(39)33-22(13-17-14-31-20-9-5-4-8-18(17)20)26(38)32-21(28(40)41)10-11-24(30)36/h1-9,14,19,21-23,31,35H,10-13,15,29H2,(H2,30,36)(H,32,38)(H,33,39)(H,34,37)(H,40,41). The van der Waals surface area contributed by atoms with Crippen molar-refractivity contribution < 1.29 is 34.2 Å². The predicted molar refractivity (Wildman–Crippen MR) is 149 cm³/mol. The van der Waals surface area contributed by atoms with Crippen molar-refractivity contribution in [3.63, 3.8) is 0 Å². The highest BCUT2D eigenvalue weighted by Gasteiger charge is 2.31. The summed E-state index contributed by atoms with van der Waals surface area (Å²) < 4.78 is 0. The first kappa shape index (κ1) is 30.8. The number of carboxylic acid groups (broad SMARTS) is 1. The van der Waals surface area contributed by atoms with Gasteiger partial charge in [0.15, 0.2) is 0 Å². The van der Waals surface area contributed by atoms with Crippen LogP contribution in [0.25, 0.3) is 10.9 Å². The minimum atomic E-state index is -1.44. The average molecular weight is 567 g/mol. The van der Waals surface area contributed by atoms with E-state index >= 15 is 0 Å². The Labute approximate surface area is 235 Å². The number of hydrogen-bond donors (Lipinski definition) is 8. The van der Waals surface area contributed by atoms with Crippen LogP contribution >= 0.6 is 0 Å². The maximum absolute atomic E-state index is 13.3. The number of aliphatic hydroxyl groups excluding tert-OH is 1. The smallest absolute Gasteiger partial charge is 0.326 e. The SMILES string of the molecule is NC(=O)CCC(NC(=O)C(Cc1c[nH]c2ccccc12)NC(=O)C(CO)NC(=O)C(N)Cc1ccccc1)C(=O)O. The zero-order valence-electron chi connectivity index (χ0n) is 22.2. The Kier molecular flexibility index (Phi) is 11.0. The Morgan fingerprint density at radius 1 is 0.805 bits per heavy atom. The van der Waals surface area contributed by atoms with E-state index in [0.717, 1.165) is 16.5 Å². The van der Waals surface area contributed by atoms with Gasteiger partial charge < -0.3 is 42.6 Å². The minimum Gasteiger partial charge on any atom is -0.480 e. The number of benzene rings is 2. The number of aromatic amines is 1. The molecule has 4 amide bonds. The summed E-state index contributed by atoms with van der Waals surface area (Å²) in [5, 5.41) is 27.4. The van der Waals surface area contributed by atoms with Crippen molar-refractivity contribution >= 4 is 40.5 Å². The highest BCUT2D eigenvalue weighted by atomic mass is 16.4. The zero-order chi connectivity index (χ0) is 29.9. The molecule has 0 radical (unpaired) electrons. The molecule has 218 valence electrons. The number of carbonyl (C=O) groups is 5. The summed E-state index contributed by atoms with van der Waals surface area (Å²) in [4.78, 5) is 65.0. The van der Waals surface area contributed by atoms with E-state index < -0.39 is 60.4 Å². The summed E-state index contributed by atoms with van der Waals surface area (Å²) in [6.45, 7) is -0.784. The fraction of sp³-hybridized carbons (Fsp3) is 0.321. The summed E-state index contributed by atoms with van der Waals surface area (Å²) >= 11 is 0. The van der Waals surface area contributed by atoms with E-state index in [9.17, 15) is 34.2 Å². The number of amides is 4. The molecule has 0 bridgehead atoms. The summed E-state index contributed by atoms with van der Waals surface area (Å²) in [5.74, 6) is -4.52. The number of hydrogen-bond acceptors (Lipinski definition) is 7. The van der Waals surface area contributed by atoms with E-state index in [-0.39, 0.29) is 25.7 Å². The minimum absolute atomic E-state index is 0.0522. The lowest BCUT2D eigenvalue weighted by Crippen LogP contribution is -2.58. The normalized spacial score (nSPS) is 13.9.